The second-order valence-corrected chi connectivity index (χ2v) is 7.74. The number of nitrogens with one attached hydrogen (secondary N) is 1. The Kier molecular flexibility index (Phi) is 7.00. The third-order valence-corrected chi connectivity index (χ3v) is 5.10. The van der Waals surface area contributed by atoms with Crippen LogP contribution in [-0.2, 0) is 20.9 Å². The monoisotopic (exact) mass is 488 g/mol. The van der Waals surface area contributed by atoms with Gasteiger partial charge in [0.2, 0.25) is 12.0 Å². The fourth-order valence-corrected chi connectivity index (χ4v) is 3.39. The molecule has 0 aliphatic rings. The van der Waals surface area contributed by atoms with Crippen molar-refractivity contribution in [3.63, 3.8) is 0 Å². The summed E-state index contributed by atoms with van der Waals surface area (Å²) in [5.74, 6) is -2.59. The fourth-order valence-electron chi connectivity index (χ4n) is 3.39. The molecule has 1 atom stereocenters. The van der Waals surface area contributed by atoms with Crippen LogP contribution in [0.3, 0.4) is 0 Å². The molecule has 4 aromatic rings. The molecule has 0 bridgehead atoms. The van der Waals surface area contributed by atoms with Crippen LogP contribution in [0.25, 0.3) is 11.5 Å². The Hall–Kier alpha value is -5.06. The van der Waals surface area contributed by atoms with Crippen molar-refractivity contribution in [2.75, 3.05) is 5.32 Å². The van der Waals surface area contributed by atoms with Crippen molar-refractivity contribution in [1.29, 1.82) is 0 Å². The van der Waals surface area contributed by atoms with E-state index in [1.54, 1.807) is 73.7 Å². The zero-order chi connectivity index (χ0) is 25.7. The summed E-state index contributed by atoms with van der Waals surface area (Å²) in [7, 11) is 0. The maximum atomic E-state index is 13.1. The van der Waals surface area contributed by atoms with Crippen LogP contribution in [0.2, 0.25) is 0 Å². The second-order valence-electron chi connectivity index (χ2n) is 7.74. The van der Waals surface area contributed by atoms with Gasteiger partial charge < -0.3 is 14.5 Å². The summed E-state index contributed by atoms with van der Waals surface area (Å²) in [6, 6.07) is 21.1. The van der Waals surface area contributed by atoms with Crippen LogP contribution in [0, 0.1) is 17.0 Å². The number of nitrogens with zero attached hydrogens (tertiary/aromatic N) is 3. The molecule has 11 heteroatoms. The number of rotatable bonds is 8. The Morgan fingerprint density at radius 1 is 1.08 bits per heavy atom. The van der Waals surface area contributed by atoms with Crippen LogP contribution in [0.15, 0.2) is 88.1 Å². The molecule has 182 valence electrons. The maximum absolute atomic E-state index is 13.1. The van der Waals surface area contributed by atoms with E-state index in [1.165, 1.54) is 12.1 Å². The average Bonchev–Trinajstić information content (AvgIpc) is 3.24. The largest absolute Gasteiger partial charge is 0.446 e. The molecule has 0 aliphatic heterocycles. The molecular formula is C25H20N4O7. The van der Waals surface area contributed by atoms with Gasteiger partial charge in [-0.15, -0.1) is 5.10 Å². The average molecular weight is 488 g/mol. The third-order valence-electron chi connectivity index (χ3n) is 5.10. The van der Waals surface area contributed by atoms with E-state index in [2.05, 4.69) is 10.4 Å². The number of hydrogen-bond donors (Lipinski definition) is 1. The van der Waals surface area contributed by atoms with E-state index in [4.69, 9.17) is 9.15 Å². The highest BCUT2D eigenvalue weighted by Crippen LogP contribution is 2.28. The van der Waals surface area contributed by atoms with Crippen LogP contribution in [0.4, 0.5) is 11.4 Å². The topological polar surface area (TPSA) is 147 Å². The minimum atomic E-state index is -1.45. The lowest BCUT2D eigenvalue weighted by molar-refractivity contribution is -0.384. The van der Waals surface area contributed by atoms with Crippen molar-refractivity contribution in [1.82, 2.24) is 9.78 Å². The van der Waals surface area contributed by atoms with Gasteiger partial charge in [-0.3, -0.25) is 19.7 Å². The Morgan fingerprint density at radius 3 is 2.42 bits per heavy atom. The van der Waals surface area contributed by atoms with Gasteiger partial charge in [0.05, 0.1) is 4.92 Å². The quantitative estimate of drug-likeness (QED) is 0.225. The van der Waals surface area contributed by atoms with Gasteiger partial charge in [-0.1, -0.05) is 54.6 Å². The van der Waals surface area contributed by atoms with Crippen molar-refractivity contribution < 1.29 is 23.7 Å². The SMILES string of the molecule is Cc1ccc(NC(=O)C(OC(=O)Cn2nc(-c3ccccc3)oc2=O)c2ccccc2)c([N+](=O)[O-])c1. The van der Waals surface area contributed by atoms with Crippen LogP contribution in [0.5, 0.6) is 0 Å². The van der Waals surface area contributed by atoms with Crippen LogP contribution in [0.1, 0.15) is 17.2 Å². The van der Waals surface area contributed by atoms with Crippen molar-refractivity contribution in [2.45, 2.75) is 19.6 Å². The Bertz CT molecular complexity index is 1460. The smallest absolute Gasteiger partial charge is 0.437 e. The molecule has 36 heavy (non-hydrogen) atoms. The minimum absolute atomic E-state index is 0.0254. The van der Waals surface area contributed by atoms with E-state index in [9.17, 15) is 24.5 Å². The summed E-state index contributed by atoms with van der Waals surface area (Å²) in [6.07, 6.45) is -1.45. The lowest BCUT2D eigenvalue weighted by Gasteiger charge is -2.18. The second kappa shape index (κ2) is 10.5. The summed E-state index contributed by atoms with van der Waals surface area (Å²) in [6.45, 7) is 1.07. The fraction of sp³-hybridized carbons (Fsp3) is 0.120. The molecule has 0 radical (unpaired) electrons. The van der Waals surface area contributed by atoms with Gasteiger partial charge in [0.1, 0.15) is 12.2 Å². The highest BCUT2D eigenvalue weighted by molar-refractivity contribution is 5.97. The molecule has 4 rings (SSSR count). The molecule has 1 aromatic heterocycles. The number of aromatic nitrogens is 2. The number of esters is 1. The van der Waals surface area contributed by atoms with E-state index in [0.29, 0.717) is 16.7 Å². The number of nitro groups is 1. The summed E-state index contributed by atoms with van der Waals surface area (Å²) >= 11 is 0. The zero-order valence-corrected chi connectivity index (χ0v) is 19.0. The number of ether oxygens (including phenoxy) is 1. The summed E-state index contributed by atoms with van der Waals surface area (Å²) < 4.78 is 11.3. The predicted molar refractivity (Wildman–Crippen MR) is 128 cm³/mol. The number of benzene rings is 3. The molecule has 0 saturated heterocycles. The van der Waals surface area contributed by atoms with E-state index < -0.39 is 35.2 Å². The first-order valence-corrected chi connectivity index (χ1v) is 10.8. The van der Waals surface area contributed by atoms with Gasteiger partial charge in [0.25, 0.3) is 11.6 Å². The maximum Gasteiger partial charge on any atom is 0.437 e. The zero-order valence-electron chi connectivity index (χ0n) is 19.0. The van der Waals surface area contributed by atoms with Gasteiger partial charge in [-0.25, -0.2) is 4.79 Å². The molecular weight excluding hydrogens is 468 g/mol. The number of nitro benzene ring substituents is 1. The predicted octanol–water partition coefficient (Wildman–Crippen LogP) is 3.64. The van der Waals surface area contributed by atoms with Crippen LogP contribution in [-0.4, -0.2) is 26.6 Å². The van der Waals surface area contributed by atoms with E-state index in [1.807, 2.05) is 0 Å². The molecule has 0 fully saturated rings. The molecule has 1 N–H and O–H groups in total. The van der Waals surface area contributed by atoms with Gasteiger partial charge >= 0.3 is 11.7 Å². The molecule has 3 aromatic carbocycles. The molecule has 1 amide bonds. The normalized spacial score (nSPS) is 11.5. The van der Waals surface area contributed by atoms with Crippen molar-refractivity contribution in [3.05, 3.63) is 111 Å². The lowest BCUT2D eigenvalue weighted by atomic mass is 10.1. The molecule has 1 heterocycles. The molecule has 0 aliphatic carbocycles. The van der Waals surface area contributed by atoms with E-state index in [-0.39, 0.29) is 17.3 Å². The van der Waals surface area contributed by atoms with Crippen LogP contribution < -0.4 is 11.1 Å². The van der Waals surface area contributed by atoms with Gasteiger partial charge in [-0.2, -0.15) is 4.68 Å². The first kappa shape index (κ1) is 24.1. The lowest BCUT2D eigenvalue weighted by Crippen LogP contribution is -2.29. The number of amides is 1. The standard InChI is InChI=1S/C25H20N4O7/c1-16-12-13-19(20(14-16)29(33)34)26-23(31)22(17-8-4-2-5-9-17)35-21(30)15-28-25(32)36-24(27-28)18-10-6-3-7-11-18/h2-14,22H,15H2,1H3,(H,26,31). The van der Waals surface area contributed by atoms with Crippen LogP contribution >= 0.6 is 0 Å². The first-order chi connectivity index (χ1) is 17.3. The molecule has 1 unspecified atom stereocenters. The highest BCUT2D eigenvalue weighted by Gasteiger charge is 2.28. The number of carbonyl (C=O) groups excluding carboxylic acids is 2. The Labute approximate surface area is 204 Å². The van der Waals surface area contributed by atoms with E-state index in [0.717, 1.165) is 4.68 Å². The molecule has 0 saturated carbocycles. The van der Waals surface area contributed by atoms with Crippen molar-refractivity contribution >= 4 is 23.3 Å². The van der Waals surface area contributed by atoms with Crippen molar-refractivity contribution in [2.24, 2.45) is 0 Å². The number of carbonyl (C=O) groups is 2. The molecule has 11 nitrogen and oxygen atoms in total. The Balaban J connectivity index is 1.55. The summed E-state index contributed by atoms with van der Waals surface area (Å²) in [4.78, 5) is 48.8. The van der Waals surface area contributed by atoms with E-state index >= 15 is 0 Å². The minimum Gasteiger partial charge on any atom is -0.446 e. The Morgan fingerprint density at radius 2 is 1.75 bits per heavy atom. The van der Waals surface area contributed by atoms with Gasteiger partial charge in [-0.05, 0) is 30.7 Å². The van der Waals surface area contributed by atoms with Gasteiger partial charge in [0, 0.05) is 17.2 Å². The molecule has 0 spiro atoms. The van der Waals surface area contributed by atoms with Crippen molar-refractivity contribution in [3.8, 4) is 11.5 Å². The number of hydrogen-bond acceptors (Lipinski definition) is 8. The first-order valence-electron chi connectivity index (χ1n) is 10.8. The summed E-state index contributed by atoms with van der Waals surface area (Å²) in [5, 5.41) is 17.9. The van der Waals surface area contributed by atoms with Gasteiger partial charge in [0.15, 0.2) is 0 Å². The third kappa shape index (κ3) is 5.53. The number of aryl methyl sites for hydroxylation is 1. The number of anilines is 1. The highest BCUT2D eigenvalue weighted by atomic mass is 16.6. The summed E-state index contributed by atoms with van der Waals surface area (Å²) in [5.41, 5.74) is 1.16.